The number of β-amino-alcohol motifs (C(OH)–C–C–N with tert-alkyl or cyclic N) is 1. The highest BCUT2D eigenvalue weighted by Crippen LogP contribution is 2.21. The van der Waals surface area contributed by atoms with Gasteiger partial charge in [0.15, 0.2) is 0 Å². The molecular weight excluding hydrogens is 299 g/mol. The minimum absolute atomic E-state index is 0.0318. The summed E-state index contributed by atoms with van der Waals surface area (Å²) >= 11 is 0. The number of aliphatic hydroxyl groups is 1. The molecular formula is C17H25FN2O3. The van der Waals surface area contributed by atoms with Crippen molar-refractivity contribution in [2.45, 2.75) is 38.8 Å². The van der Waals surface area contributed by atoms with E-state index in [1.54, 1.807) is 19.9 Å². The van der Waals surface area contributed by atoms with E-state index in [9.17, 15) is 14.3 Å². The lowest BCUT2D eigenvalue weighted by Crippen LogP contribution is -2.48. The van der Waals surface area contributed by atoms with Gasteiger partial charge in [0.25, 0.3) is 0 Å². The summed E-state index contributed by atoms with van der Waals surface area (Å²) in [7, 11) is 0. The number of carbonyl (C=O) groups is 1. The minimum Gasteiger partial charge on any atom is -0.450 e. The molecule has 0 bridgehead atoms. The number of piperidine rings is 1. The van der Waals surface area contributed by atoms with Crippen molar-refractivity contribution in [3.8, 4) is 0 Å². The maximum atomic E-state index is 13.2. The Morgan fingerprint density at radius 1 is 1.57 bits per heavy atom. The third-order valence-electron chi connectivity index (χ3n) is 4.12. The van der Waals surface area contributed by atoms with Gasteiger partial charge < -0.3 is 15.2 Å². The van der Waals surface area contributed by atoms with Gasteiger partial charge >= 0.3 is 6.09 Å². The van der Waals surface area contributed by atoms with Crippen LogP contribution in [0.4, 0.5) is 9.18 Å². The Morgan fingerprint density at radius 2 is 2.35 bits per heavy atom. The quantitative estimate of drug-likeness (QED) is 0.873. The lowest BCUT2D eigenvalue weighted by molar-refractivity contribution is 0.0875. The number of amides is 1. The Bertz CT molecular complexity index is 539. The van der Waals surface area contributed by atoms with Gasteiger partial charge in [0, 0.05) is 19.1 Å². The van der Waals surface area contributed by atoms with Gasteiger partial charge in [-0.2, -0.15) is 0 Å². The summed E-state index contributed by atoms with van der Waals surface area (Å²) in [5, 5.41) is 13.3. The molecule has 1 fully saturated rings. The first-order chi connectivity index (χ1) is 11.0. The molecule has 0 saturated carbocycles. The molecule has 23 heavy (non-hydrogen) atoms. The maximum Gasteiger partial charge on any atom is 0.407 e. The zero-order valence-corrected chi connectivity index (χ0v) is 13.7. The van der Waals surface area contributed by atoms with Gasteiger partial charge in [-0.3, -0.25) is 4.90 Å². The average molecular weight is 324 g/mol. The Labute approximate surface area is 136 Å². The van der Waals surface area contributed by atoms with E-state index in [1.807, 2.05) is 0 Å². The highest BCUT2D eigenvalue weighted by molar-refractivity contribution is 5.67. The molecule has 5 nitrogen and oxygen atoms in total. The van der Waals surface area contributed by atoms with Crippen LogP contribution in [0.5, 0.6) is 0 Å². The predicted molar refractivity (Wildman–Crippen MR) is 85.7 cm³/mol. The second kappa shape index (κ2) is 8.26. The lowest BCUT2D eigenvalue weighted by Gasteiger charge is -2.34. The molecule has 2 rings (SSSR count). The number of hydrogen-bond donors (Lipinski definition) is 2. The Balaban J connectivity index is 1.90. The van der Waals surface area contributed by atoms with Gasteiger partial charge in [-0.15, -0.1) is 0 Å². The average Bonchev–Trinajstić information content (AvgIpc) is 2.47. The van der Waals surface area contributed by atoms with Crippen molar-refractivity contribution in [2.75, 3.05) is 26.2 Å². The molecule has 1 aliphatic heterocycles. The molecule has 1 aliphatic rings. The van der Waals surface area contributed by atoms with Crippen LogP contribution in [0.15, 0.2) is 18.2 Å². The standard InChI is InChI=1S/C17H25FN2O3/c1-3-23-17(22)19-14-5-4-8-20(10-14)11-16(21)15-7-6-13(18)9-12(15)2/h6-7,9,14,16,21H,3-5,8,10-11H2,1-2H3,(H,19,22). The highest BCUT2D eigenvalue weighted by atomic mass is 19.1. The van der Waals surface area contributed by atoms with Crippen molar-refractivity contribution >= 4 is 6.09 Å². The van der Waals surface area contributed by atoms with Crippen molar-refractivity contribution in [1.29, 1.82) is 0 Å². The maximum absolute atomic E-state index is 13.2. The molecule has 0 aliphatic carbocycles. The fraction of sp³-hybridized carbons (Fsp3) is 0.588. The Hall–Kier alpha value is -1.66. The summed E-state index contributed by atoms with van der Waals surface area (Å²) in [4.78, 5) is 13.6. The highest BCUT2D eigenvalue weighted by Gasteiger charge is 2.24. The normalized spacial score (nSPS) is 20.1. The first-order valence-electron chi connectivity index (χ1n) is 8.09. The number of nitrogens with one attached hydrogen (secondary N) is 1. The number of nitrogens with zero attached hydrogens (tertiary/aromatic N) is 1. The molecule has 0 aromatic heterocycles. The van der Waals surface area contributed by atoms with Crippen molar-refractivity contribution in [3.05, 3.63) is 35.1 Å². The van der Waals surface area contributed by atoms with E-state index in [0.29, 0.717) is 19.7 Å². The van der Waals surface area contributed by atoms with Gasteiger partial charge in [-0.1, -0.05) is 6.07 Å². The minimum atomic E-state index is -0.669. The van der Waals surface area contributed by atoms with E-state index in [-0.39, 0.29) is 11.9 Å². The smallest absolute Gasteiger partial charge is 0.407 e. The van der Waals surface area contributed by atoms with Crippen LogP contribution in [0.2, 0.25) is 0 Å². The predicted octanol–water partition coefficient (Wildman–Crippen LogP) is 2.38. The van der Waals surface area contributed by atoms with Crippen molar-refractivity contribution in [2.24, 2.45) is 0 Å². The fourth-order valence-corrected chi connectivity index (χ4v) is 3.03. The van der Waals surface area contributed by atoms with Crippen LogP contribution in [0.1, 0.15) is 37.0 Å². The third-order valence-corrected chi connectivity index (χ3v) is 4.12. The molecule has 0 radical (unpaired) electrons. The van der Waals surface area contributed by atoms with Crippen molar-refractivity contribution < 1.29 is 19.0 Å². The number of likely N-dealkylation sites (tertiary alicyclic amines) is 1. The zero-order valence-electron chi connectivity index (χ0n) is 13.7. The number of carbonyl (C=O) groups excluding carboxylic acids is 1. The number of aliphatic hydroxyl groups excluding tert-OH is 1. The van der Waals surface area contributed by atoms with Crippen LogP contribution in [0, 0.1) is 12.7 Å². The van der Waals surface area contributed by atoms with Gasteiger partial charge in [0.1, 0.15) is 5.82 Å². The summed E-state index contributed by atoms with van der Waals surface area (Å²) in [6.07, 6.45) is 0.791. The molecule has 2 atom stereocenters. The van der Waals surface area contributed by atoms with Gasteiger partial charge in [0.2, 0.25) is 0 Å². The number of rotatable bonds is 5. The topological polar surface area (TPSA) is 61.8 Å². The van der Waals surface area contributed by atoms with Crippen molar-refractivity contribution in [3.63, 3.8) is 0 Å². The number of aryl methyl sites for hydroxylation is 1. The summed E-state index contributed by atoms with van der Waals surface area (Å²) in [6, 6.07) is 4.46. The summed E-state index contributed by atoms with van der Waals surface area (Å²) in [6.45, 7) is 5.93. The number of halogens is 1. The van der Waals surface area contributed by atoms with E-state index in [4.69, 9.17) is 4.74 Å². The van der Waals surface area contributed by atoms with Gasteiger partial charge in [-0.05, 0) is 56.5 Å². The van der Waals surface area contributed by atoms with E-state index in [2.05, 4.69) is 10.2 Å². The van der Waals surface area contributed by atoms with Crippen LogP contribution in [0.3, 0.4) is 0 Å². The van der Waals surface area contributed by atoms with Crippen LogP contribution >= 0.6 is 0 Å². The monoisotopic (exact) mass is 324 g/mol. The first kappa shape index (κ1) is 17.7. The second-order valence-electron chi connectivity index (χ2n) is 5.98. The largest absolute Gasteiger partial charge is 0.450 e. The molecule has 1 saturated heterocycles. The molecule has 1 heterocycles. The number of alkyl carbamates (subject to hydrolysis) is 1. The van der Waals surface area contributed by atoms with Crippen LogP contribution in [0.25, 0.3) is 0 Å². The molecule has 128 valence electrons. The molecule has 0 spiro atoms. The van der Waals surface area contributed by atoms with Crippen LogP contribution in [-0.4, -0.2) is 48.4 Å². The van der Waals surface area contributed by atoms with Gasteiger partial charge in [-0.25, -0.2) is 9.18 Å². The number of hydrogen-bond acceptors (Lipinski definition) is 4. The van der Waals surface area contributed by atoms with Gasteiger partial charge in [0.05, 0.1) is 12.7 Å². The molecule has 2 unspecified atom stereocenters. The molecule has 2 N–H and O–H groups in total. The van der Waals surface area contributed by atoms with Crippen molar-refractivity contribution in [1.82, 2.24) is 10.2 Å². The first-order valence-corrected chi connectivity index (χ1v) is 8.09. The second-order valence-corrected chi connectivity index (χ2v) is 5.98. The zero-order chi connectivity index (χ0) is 16.8. The van der Waals surface area contributed by atoms with E-state index < -0.39 is 12.2 Å². The molecule has 1 aromatic rings. The van der Waals surface area contributed by atoms with E-state index in [0.717, 1.165) is 30.5 Å². The van der Waals surface area contributed by atoms with E-state index in [1.165, 1.54) is 12.1 Å². The molecule has 1 amide bonds. The summed E-state index contributed by atoms with van der Waals surface area (Å²) < 4.78 is 18.1. The Kier molecular flexibility index (Phi) is 6.36. The molecule has 6 heteroatoms. The summed E-state index contributed by atoms with van der Waals surface area (Å²) in [5.41, 5.74) is 1.49. The fourth-order valence-electron chi connectivity index (χ4n) is 3.03. The molecule has 1 aromatic carbocycles. The SMILES string of the molecule is CCOC(=O)NC1CCCN(CC(O)c2ccc(F)cc2C)C1. The third kappa shape index (κ3) is 5.18. The van der Waals surface area contributed by atoms with Crippen LogP contribution < -0.4 is 5.32 Å². The lowest BCUT2D eigenvalue weighted by atomic mass is 10.0. The van der Waals surface area contributed by atoms with Crippen LogP contribution in [-0.2, 0) is 4.74 Å². The van der Waals surface area contributed by atoms with E-state index >= 15 is 0 Å². The number of ether oxygens (including phenoxy) is 1. The summed E-state index contributed by atoms with van der Waals surface area (Å²) in [5.74, 6) is -0.296. The number of benzene rings is 1. The Morgan fingerprint density at radius 3 is 3.04 bits per heavy atom.